The van der Waals surface area contributed by atoms with E-state index in [2.05, 4.69) is 10.6 Å². The van der Waals surface area contributed by atoms with E-state index in [0.29, 0.717) is 16.5 Å². The maximum atomic E-state index is 12.4. The van der Waals surface area contributed by atoms with Gasteiger partial charge in [0.1, 0.15) is 17.4 Å². The van der Waals surface area contributed by atoms with Crippen LogP contribution in [0.15, 0.2) is 18.2 Å². The summed E-state index contributed by atoms with van der Waals surface area (Å²) in [6, 6.07) is 3.43. The molecule has 3 amide bonds. The minimum atomic E-state index is -1.21. The average molecular weight is 372 g/mol. The molecule has 1 aromatic rings. The first-order valence-corrected chi connectivity index (χ1v) is 7.82. The summed E-state index contributed by atoms with van der Waals surface area (Å²) in [5.74, 6) is -1.05. The Balaban J connectivity index is 2.92. The standard InChI is InChI=1S/C16H22ClN3O5/c1-16(2,3)25-15(23)20-11(8-13(18)21)14(22)19-10-7-9(17)5-6-12(10)24-4/h5-7,11H,8H2,1-4H3,(H2,18,21)(H,19,22)(H,20,23)/t11-/m0/s1. The van der Waals surface area contributed by atoms with E-state index in [1.54, 1.807) is 32.9 Å². The third kappa shape index (κ3) is 7.30. The highest BCUT2D eigenvalue weighted by molar-refractivity contribution is 6.31. The number of anilines is 1. The van der Waals surface area contributed by atoms with Crippen molar-refractivity contribution in [1.29, 1.82) is 0 Å². The molecule has 1 aromatic carbocycles. The van der Waals surface area contributed by atoms with E-state index in [-0.39, 0.29) is 0 Å². The molecule has 0 unspecified atom stereocenters. The Morgan fingerprint density at radius 3 is 2.44 bits per heavy atom. The van der Waals surface area contributed by atoms with E-state index in [1.807, 2.05) is 0 Å². The van der Waals surface area contributed by atoms with E-state index in [4.69, 9.17) is 26.8 Å². The number of amides is 3. The number of carbonyl (C=O) groups excluding carboxylic acids is 3. The van der Waals surface area contributed by atoms with Crippen LogP contribution in [-0.2, 0) is 14.3 Å². The second-order valence-corrected chi connectivity index (χ2v) is 6.64. The Bertz CT molecular complexity index is 658. The molecule has 0 radical (unpaired) electrons. The Morgan fingerprint density at radius 1 is 1.28 bits per heavy atom. The summed E-state index contributed by atoms with van der Waals surface area (Å²) in [7, 11) is 1.43. The van der Waals surface area contributed by atoms with Gasteiger partial charge in [-0.3, -0.25) is 9.59 Å². The van der Waals surface area contributed by atoms with Crippen molar-refractivity contribution in [2.24, 2.45) is 5.73 Å². The van der Waals surface area contributed by atoms with Crippen molar-refractivity contribution < 1.29 is 23.9 Å². The Labute approximate surface area is 151 Å². The fourth-order valence-corrected chi connectivity index (χ4v) is 2.03. The number of nitrogens with two attached hydrogens (primary N) is 1. The highest BCUT2D eigenvalue weighted by atomic mass is 35.5. The van der Waals surface area contributed by atoms with Gasteiger partial charge in [0.25, 0.3) is 0 Å². The number of carbonyl (C=O) groups is 3. The van der Waals surface area contributed by atoms with Crippen molar-refractivity contribution in [3.63, 3.8) is 0 Å². The maximum Gasteiger partial charge on any atom is 0.408 e. The van der Waals surface area contributed by atoms with Gasteiger partial charge in [0.05, 0.1) is 19.2 Å². The molecule has 0 saturated carbocycles. The van der Waals surface area contributed by atoms with E-state index < -0.39 is 36.0 Å². The van der Waals surface area contributed by atoms with Gasteiger partial charge in [-0.15, -0.1) is 0 Å². The topological polar surface area (TPSA) is 120 Å². The van der Waals surface area contributed by atoms with Gasteiger partial charge >= 0.3 is 6.09 Å². The van der Waals surface area contributed by atoms with Gasteiger partial charge < -0.3 is 25.8 Å². The summed E-state index contributed by atoms with van der Waals surface area (Å²) >= 11 is 5.91. The zero-order chi connectivity index (χ0) is 19.2. The number of benzene rings is 1. The van der Waals surface area contributed by atoms with E-state index in [9.17, 15) is 14.4 Å². The van der Waals surface area contributed by atoms with Gasteiger partial charge in [-0.25, -0.2) is 4.79 Å². The number of methoxy groups -OCH3 is 1. The van der Waals surface area contributed by atoms with Crippen LogP contribution in [-0.4, -0.2) is 36.7 Å². The quantitative estimate of drug-likeness (QED) is 0.706. The first-order valence-electron chi connectivity index (χ1n) is 7.44. The molecule has 0 saturated heterocycles. The smallest absolute Gasteiger partial charge is 0.408 e. The molecular weight excluding hydrogens is 350 g/mol. The van der Waals surface area contributed by atoms with Crippen molar-refractivity contribution in [1.82, 2.24) is 5.32 Å². The Hall–Kier alpha value is -2.48. The normalized spacial score (nSPS) is 12.0. The zero-order valence-electron chi connectivity index (χ0n) is 14.5. The minimum absolute atomic E-state index is 0.292. The first-order chi connectivity index (χ1) is 11.5. The van der Waals surface area contributed by atoms with Crippen LogP contribution in [0.5, 0.6) is 5.75 Å². The van der Waals surface area contributed by atoms with Crippen molar-refractivity contribution in [3.05, 3.63) is 23.2 Å². The average Bonchev–Trinajstić information content (AvgIpc) is 2.44. The fraction of sp³-hybridized carbons (Fsp3) is 0.438. The minimum Gasteiger partial charge on any atom is -0.495 e. The summed E-state index contributed by atoms with van der Waals surface area (Å²) in [4.78, 5) is 35.5. The number of alkyl carbamates (subject to hydrolysis) is 1. The highest BCUT2D eigenvalue weighted by Crippen LogP contribution is 2.27. The van der Waals surface area contributed by atoms with Crippen LogP contribution >= 0.6 is 11.6 Å². The number of hydrogen-bond acceptors (Lipinski definition) is 5. The lowest BCUT2D eigenvalue weighted by atomic mass is 10.1. The molecule has 0 aliphatic rings. The molecular formula is C16H22ClN3O5. The second kappa shape index (κ2) is 8.57. The van der Waals surface area contributed by atoms with E-state index >= 15 is 0 Å². The van der Waals surface area contributed by atoms with Crippen molar-refractivity contribution in [2.45, 2.75) is 38.8 Å². The summed E-state index contributed by atoms with van der Waals surface area (Å²) < 4.78 is 10.2. The van der Waals surface area contributed by atoms with Crippen molar-refractivity contribution in [2.75, 3.05) is 12.4 Å². The predicted molar refractivity (Wildman–Crippen MR) is 93.6 cm³/mol. The molecule has 0 bridgehead atoms. The zero-order valence-corrected chi connectivity index (χ0v) is 15.3. The Morgan fingerprint density at radius 2 is 1.92 bits per heavy atom. The van der Waals surface area contributed by atoms with Crippen LogP contribution in [0.1, 0.15) is 27.2 Å². The van der Waals surface area contributed by atoms with Crippen LogP contribution in [0, 0.1) is 0 Å². The molecule has 8 nitrogen and oxygen atoms in total. The van der Waals surface area contributed by atoms with Gasteiger partial charge in [-0.1, -0.05) is 11.6 Å². The summed E-state index contributed by atoms with van der Waals surface area (Å²) in [5, 5.41) is 5.26. The molecule has 0 aliphatic heterocycles. The van der Waals surface area contributed by atoms with Crippen LogP contribution in [0.25, 0.3) is 0 Å². The van der Waals surface area contributed by atoms with Gasteiger partial charge in [0.2, 0.25) is 11.8 Å². The van der Waals surface area contributed by atoms with Crippen molar-refractivity contribution >= 4 is 35.2 Å². The lowest BCUT2D eigenvalue weighted by molar-refractivity contribution is -0.124. The number of halogens is 1. The third-order valence-electron chi connectivity index (χ3n) is 2.83. The SMILES string of the molecule is COc1ccc(Cl)cc1NC(=O)[C@H](CC(N)=O)NC(=O)OC(C)(C)C. The molecule has 4 N–H and O–H groups in total. The van der Waals surface area contributed by atoms with Gasteiger partial charge in [0, 0.05) is 5.02 Å². The third-order valence-corrected chi connectivity index (χ3v) is 3.07. The number of rotatable bonds is 6. The fourth-order valence-electron chi connectivity index (χ4n) is 1.86. The summed E-state index contributed by atoms with van der Waals surface area (Å²) in [6.45, 7) is 5.02. The predicted octanol–water partition coefficient (Wildman–Crippen LogP) is 2.06. The van der Waals surface area contributed by atoms with Gasteiger partial charge in [-0.05, 0) is 39.0 Å². The summed E-state index contributed by atoms with van der Waals surface area (Å²) in [5.41, 5.74) is 4.69. The highest BCUT2D eigenvalue weighted by Gasteiger charge is 2.26. The maximum absolute atomic E-state index is 12.4. The van der Waals surface area contributed by atoms with Crippen LogP contribution in [0.2, 0.25) is 5.02 Å². The Kier molecular flexibility index (Phi) is 7.05. The lowest BCUT2D eigenvalue weighted by Gasteiger charge is -2.23. The molecule has 0 fully saturated rings. The lowest BCUT2D eigenvalue weighted by Crippen LogP contribution is -2.47. The number of primary amides is 1. The molecule has 25 heavy (non-hydrogen) atoms. The van der Waals surface area contributed by atoms with E-state index in [1.165, 1.54) is 13.2 Å². The monoisotopic (exact) mass is 371 g/mol. The van der Waals surface area contributed by atoms with E-state index in [0.717, 1.165) is 0 Å². The first kappa shape index (κ1) is 20.6. The molecule has 1 rings (SSSR count). The van der Waals surface area contributed by atoms with Crippen LogP contribution in [0.3, 0.4) is 0 Å². The number of ether oxygens (including phenoxy) is 2. The second-order valence-electron chi connectivity index (χ2n) is 6.20. The molecule has 0 aromatic heterocycles. The van der Waals surface area contributed by atoms with Crippen LogP contribution in [0.4, 0.5) is 10.5 Å². The molecule has 0 heterocycles. The van der Waals surface area contributed by atoms with Gasteiger partial charge in [0.15, 0.2) is 0 Å². The van der Waals surface area contributed by atoms with Gasteiger partial charge in [-0.2, -0.15) is 0 Å². The largest absolute Gasteiger partial charge is 0.495 e. The molecule has 0 aliphatic carbocycles. The molecule has 9 heteroatoms. The molecule has 1 atom stereocenters. The number of nitrogens with one attached hydrogen (secondary N) is 2. The van der Waals surface area contributed by atoms with Crippen molar-refractivity contribution in [3.8, 4) is 5.75 Å². The molecule has 0 spiro atoms. The number of hydrogen-bond donors (Lipinski definition) is 3. The molecule has 138 valence electrons. The van der Waals surface area contributed by atoms with Crippen LogP contribution < -0.4 is 21.1 Å². The summed E-state index contributed by atoms with van der Waals surface area (Å²) in [6.07, 6.45) is -1.24.